The van der Waals surface area contributed by atoms with E-state index in [0.29, 0.717) is 11.2 Å². The second-order valence-electron chi connectivity index (χ2n) is 4.48. The summed E-state index contributed by atoms with van der Waals surface area (Å²) in [5.41, 5.74) is 0. The third-order valence-electron chi connectivity index (χ3n) is 3.02. The third-order valence-corrected chi connectivity index (χ3v) is 4.06. The number of carbonyl (C=O) groups is 3. The van der Waals surface area contributed by atoms with Gasteiger partial charge in [0.05, 0.1) is 6.04 Å². The van der Waals surface area contributed by atoms with Crippen LogP contribution in [0.3, 0.4) is 0 Å². The first-order valence-electron chi connectivity index (χ1n) is 5.99. The van der Waals surface area contributed by atoms with Crippen LogP contribution in [0.4, 0.5) is 8.78 Å². The predicted octanol–water partition coefficient (Wildman–Crippen LogP) is 1.89. The maximum atomic E-state index is 13.2. The molecule has 1 aliphatic heterocycles. The van der Waals surface area contributed by atoms with Crippen molar-refractivity contribution in [3.05, 3.63) is 28.0 Å². The number of alkyl halides is 2. The normalized spacial score (nSPS) is 21.1. The minimum atomic E-state index is -3.50. The molecule has 0 aliphatic carbocycles. The number of thiophene rings is 1. The molecular weight excluding hydrogens is 304 g/mol. The molecule has 0 spiro atoms. The van der Waals surface area contributed by atoms with Gasteiger partial charge in [-0.25, -0.2) is 4.79 Å². The van der Waals surface area contributed by atoms with Crippen molar-refractivity contribution in [3.8, 4) is 0 Å². The van der Waals surface area contributed by atoms with Gasteiger partial charge in [0, 0.05) is 17.8 Å². The highest BCUT2D eigenvalue weighted by molar-refractivity contribution is 7.14. The number of aldehydes is 1. The van der Waals surface area contributed by atoms with Gasteiger partial charge in [-0.1, -0.05) is 6.08 Å². The summed E-state index contributed by atoms with van der Waals surface area (Å²) in [7, 11) is 0. The number of hydrogen-bond acceptors (Lipinski definition) is 4. The molecule has 5 nitrogen and oxygen atoms in total. The van der Waals surface area contributed by atoms with Gasteiger partial charge >= 0.3 is 11.9 Å². The lowest BCUT2D eigenvalue weighted by Gasteiger charge is -2.17. The molecule has 0 bridgehead atoms. The number of halogens is 2. The van der Waals surface area contributed by atoms with Crippen LogP contribution >= 0.6 is 11.3 Å². The Kier molecular flexibility index (Phi) is 4.17. The van der Waals surface area contributed by atoms with Crippen molar-refractivity contribution in [2.45, 2.75) is 18.4 Å². The Morgan fingerprint density at radius 2 is 2.24 bits per heavy atom. The summed E-state index contributed by atoms with van der Waals surface area (Å²) in [6.07, 6.45) is 2.52. The van der Waals surface area contributed by atoms with Gasteiger partial charge in [-0.2, -0.15) is 8.78 Å². The van der Waals surface area contributed by atoms with Crippen LogP contribution in [0.25, 0.3) is 6.08 Å². The Morgan fingerprint density at radius 1 is 1.52 bits per heavy atom. The van der Waals surface area contributed by atoms with Crippen molar-refractivity contribution < 1.29 is 28.3 Å². The van der Waals surface area contributed by atoms with Crippen LogP contribution in [-0.4, -0.2) is 46.7 Å². The van der Waals surface area contributed by atoms with Crippen LogP contribution in [0.5, 0.6) is 0 Å². The number of rotatable bonds is 5. The molecule has 112 valence electrons. The topological polar surface area (TPSA) is 74.7 Å². The molecular formula is C13H11F2NO4S. The lowest BCUT2D eigenvalue weighted by atomic mass is 10.2. The average Bonchev–Trinajstić information content (AvgIpc) is 2.97. The average molecular weight is 315 g/mol. The van der Waals surface area contributed by atoms with E-state index in [1.807, 2.05) is 0 Å². The van der Waals surface area contributed by atoms with E-state index in [4.69, 9.17) is 5.11 Å². The third kappa shape index (κ3) is 3.15. The molecule has 0 aromatic carbocycles. The van der Waals surface area contributed by atoms with Gasteiger partial charge in [-0.15, -0.1) is 11.3 Å². The van der Waals surface area contributed by atoms with Gasteiger partial charge < -0.3 is 14.8 Å². The standard InChI is InChI=1S/C13H11F2NO4S/c14-13(15)6-8(7-17)16(12(13)20)5-1-2-9-3-4-10(21-9)11(18)19/h1-4,7-8H,5-6H2,(H,18,19)/b2-1-. The molecule has 8 heteroatoms. The van der Waals surface area contributed by atoms with Crippen molar-refractivity contribution in [1.82, 2.24) is 4.90 Å². The van der Waals surface area contributed by atoms with Gasteiger partial charge in [0.25, 0.3) is 5.91 Å². The van der Waals surface area contributed by atoms with Gasteiger partial charge in [-0.3, -0.25) is 4.79 Å². The lowest BCUT2D eigenvalue weighted by molar-refractivity contribution is -0.147. The van der Waals surface area contributed by atoms with E-state index in [2.05, 4.69) is 0 Å². The summed E-state index contributed by atoms with van der Waals surface area (Å²) < 4.78 is 26.5. The molecule has 2 heterocycles. The zero-order valence-electron chi connectivity index (χ0n) is 10.7. The molecule has 1 fully saturated rings. The van der Waals surface area contributed by atoms with Crippen molar-refractivity contribution in [2.24, 2.45) is 0 Å². The zero-order chi connectivity index (χ0) is 15.6. The Balaban J connectivity index is 2.04. The van der Waals surface area contributed by atoms with Crippen molar-refractivity contribution >= 4 is 35.6 Å². The van der Waals surface area contributed by atoms with Crippen LogP contribution in [0.15, 0.2) is 18.2 Å². The second-order valence-corrected chi connectivity index (χ2v) is 5.59. The Bertz CT molecular complexity index is 611. The summed E-state index contributed by atoms with van der Waals surface area (Å²) in [5.74, 6) is -5.91. The van der Waals surface area contributed by atoms with Crippen molar-refractivity contribution in [1.29, 1.82) is 0 Å². The molecule has 0 saturated carbocycles. The van der Waals surface area contributed by atoms with Crippen molar-refractivity contribution in [3.63, 3.8) is 0 Å². The van der Waals surface area contributed by atoms with E-state index < -0.39 is 30.3 Å². The second kappa shape index (κ2) is 5.72. The number of carboxylic acid groups (broad SMARTS) is 1. The quantitative estimate of drug-likeness (QED) is 0.842. The van der Waals surface area contributed by atoms with Gasteiger partial charge in [-0.05, 0) is 18.2 Å². The van der Waals surface area contributed by atoms with Crippen LogP contribution in [0, 0.1) is 0 Å². The molecule has 1 aromatic rings. The smallest absolute Gasteiger partial charge is 0.345 e. The summed E-state index contributed by atoms with van der Waals surface area (Å²) in [6, 6.07) is 1.87. The van der Waals surface area contributed by atoms with Crippen LogP contribution in [0.2, 0.25) is 0 Å². The molecule has 21 heavy (non-hydrogen) atoms. The number of carbonyl (C=O) groups excluding carboxylic acids is 2. The maximum absolute atomic E-state index is 13.2. The fraction of sp³-hybridized carbons (Fsp3) is 0.308. The number of aromatic carboxylic acids is 1. The molecule has 0 radical (unpaired) electrons. The number of nitrogens with zero attached hydrogens (tertiary/aromatic N) is 1. The minimum Gasteiger partial charge on any atom is -0.477 e. The number of likely N-dealkylation sites (tertiary alicyclic amines) is 1. The summed E-state index contributed by atoms with van der Waals surface area (Å²) in [4.78, 5) is 34.5. The number of hydrogen-bond donors (Lipinski definition) is 1. The molecule has 1 amide bonds. The van der Waals surface area contributed by atoms with E-state index in [9.17, 15) is 23.2 Å². The number of amides is 1. The van der Waals surface area contributed by atoms with Crippen LogP contribution in [0.1, 0.15) is 21.0 Å². The van der Waals surface area contributed by atoms with Gasteiger partial charge in [0.15, 0.2) is 0 Å². The SMILES string of the molecule is O=CC1CC(F)(F)C(=O)N1C/C=C\c1ccc(C(=O)O)s1. The van der Waals surface area contributed by atoms with E-state index in [1.54, 1.807) is 6.07 Å². The van der Waals surface area contributed by atoms with Crippen LogP contribution in [-0.2, 0) is 9.59 Å². The van der Waals surface area contributed by atoms with E-state index in [0.717, 1.165) is 16.2 Å². The highest BCUT2D eigenvalue weighted by atomic mass is 32.1. The minimum absolute atomic E-state index is 0.127. The first kappa shape index (κ1) is 15.3. The molecule has 1 aromatic heterocycles. The Labute approximate surface area is 122 Å². The van der Waals surface area contributed by atoms with Crippen LogP contribution < -0.4 is 0 Å². The van der Waals surface area contributed by atoms with E-state index in [-0.39, 0.29) is 11.4 Å². The first-order chi connectivity index (χ1) is 9.85. The summed E-state index contributed by atoms with van der Waals surface area (Å²) >= 11 is 1.02. The molecule has 1 N–H and O–H groups in total. The predicted molar refractivity (Wildman–Crippen MR) is 71.4 cm³/mol. The fourth-order valence-corrected chi connectivity index (χ4v) is 2.78. The fourth-order valence-electron chi connectivity index (χ4n) is 2.00. The molecule has 1 aliphatic rings. The zero-order valence-corrected chi connectivity index (χ0v) is 11.5. The van der Waals surface area contributed by atoms with Gasteiger partial charge in [0.2, 0.25) is 0 Å². The van der Waals surface area contributed by atoms with E-state index in [1.165, 1.54) is 18.2 Å². The molecule has 1 saturated heterocycles. The van der Waals surface area contributed by atoms with E-state index >= 15 is 0 Å². The lowest BCUT2D eigenvalue weighted by Crippen LogP contribution is -2.37. The summed E-state index contributed by atoms with van der Waals surface area (Å²) in [6.45, 7) is -0.127. The maximum Gasteiger partial charge on any atom is 0.345 e. The highest BCUT2D eigenvalue weighted by Gasteiger charge is 2.52. The largest absolute Gasteiger partial charge is 0.477 e. The molecule has 1 unspecified atom stereocenters. The van der Waals surface area contributed by atoms with Crippen molar-refractivity contribution in [2.75, 3.05) is 6.54 Å². The Hall–Kier alpha value is -2.09. The first-order valence-corrected chi connectivity index (χ1v) is 6.80. The molecule has 1 atom stereocenters. The highest BCUT2D eigenvalue weighted by Crippen LogP contribution is 2.32. The number of carboxylic acids is 1. The van der Waals surface area contributed by atoms with Gasteiger partial charge in [0.1, 0.15) is 11.2 Å². The monoisotopic (exact) mass is 315 g/mol. The summed E-state index contributed by atoms with van der Waals surface area (Å²) in [5, 5.41) is 8.77. The molecule has 2 rings (SSSR count). The Morgan fingerprint density at radius 3 is 2.81 bits per heavy atom.